The van der Waals surface area contributed by atoms with Gasteiger partial charge in [-0.15, -0.1) is 23.5 Å². The first-order valence-corrected chi connectivity index (χ1v) is 10.1. The van der Waals surface area contributed by atoms with Gasteiger partial charge < -0.3 is 0 Å². The molecule has 0 spiro atoms. The van der Waals surface area contributed by atoms with Crippen LogP contribution in [0.2, 0.25) is 0 Å². The van der Waals surface area contributed by atoms with E-state index in [9.17, 15) is 9.59 Å². The van der Waals surface area contributed by atoms with Gasteiger partial charge in [0.25, 0.3) is 0 Å². The Hall–Kier alpha value is -0.590. The van der Waals surface area contributed by atoms with Gasteiger partial charge in [0.1, 0.15) is 0 Å². The maximum atomic E-state index is 10.7. The molecule has 0 saturated carbocycles. The predicted octanol–water partition coefficient (Wildman–Crippen LogP) is 5.55. The van der Waals surface area contributed by atoms with Crippen molar-refractivity contribution in [1.29, 1.82) is 0 Å². The average molecular weight is 403 g/mol. The number of hydrogen-bond donors (Lipinski definition) is 0. The van der Waals surface area contributed by atoms with Gasteiger partial charge in [-0.25, -0.2) is 0 Å². The Kier molecular flexibility index (Phi) is 7.86. The van der Waals surface area contributed by atoms with Crippen LogP contribution < -0.4 is 0 Å². The molecule has 0 amide bonds. The molecule has 23 heavy (non-hydrogen) atoms. The third-order valence-corrected chi connectivity index (χ3v) is 6.21. The van der Waals surface area contributed by atoms with E-state index in [2.05, 4.69) is 0 Å². The minimum atomic E-state index is -0.345. The minimum Gasteiger partial charge on any atom is -0.280 e. The molecule has 2 rings (SSSR count). The molecule has 0 heterocycles. The van der Waals surface area contributed by atoms with Crippen molar-refractivity contribution >= 4 is 69.0 Å². The largest absolute Gasteiger partial charge is 0.280 e. The van der Waals surface area contributed by atoms with Crippen molar-refractivity contribution in [2.24, 2.45) is 0 Å². The topological polar surface area (TPSA) is 34.1 Å². The number of carbonyl (C=O) groups excluding carboxylic acids is 2. The Morgan fingerprint density at radius 2 is 0.957 bits per heavy atom. The molecule has 0 radical (unpaired) electrons. The van der Waals surface area contributed by atoms with Gasteiger partial charge in [0.2, 0.25) is 10.5 Å². The van der Waals surface area contributed by atoms with Gasteiger partial charge in [0.05, 0.1) is 11.5 Å². The van der Waals surface area contributed by atoms with Gasteiger partial charge >= 0.3 is 0 Å². The Labute approximate surface area is 157 Å². The van der Waals surface area contributed by atoms with Gasteiger partial charge in [-0.2, -0.15) is 0 Å². The third-order valence-electron chi connectivity index (χ3n) is 2.59. The second kappa shape index (κ2) is 9.64. The molecule has 0 aliphatic rings. The molecule has 120 valence electrons. The van der Waals surface area contributed by atoms with Crippen LogP contribution in [0.4, 0.5) is 0 Å². The van der Waals surface area contributed by atoms with E-state index in [1.54, 1.807) is 11.8 Å². The zero-order chi connectivity index (χ0) is 16.7. The van der Waals surface area contributed by atoms with Crippen molar-refractivity contribution in [3.8, 4) is 0 Å². The van der Waals surface area contributed by atoms with E-state index in [0.717, 1.165) is 19.6 Å². The predicted molar refractivity (Wildman–Crippen MR) is 100 cm³/mol. The van der Waals surface area contributed by atoms with Crippen LogP contribution in [0.15, 0.2) is 68.1 Å². The quantitative estimate of drug-likeness (QED) is 0.426. The summed E-state index contributed by atoms with van der Waals surface area (Å²) in [6, 6.07) is 16.0. The van der Waals surface area contributed by atoms with E-state index < -0.39 is 0 Å². The number of carbonyl (C=O) groups is 2. The van der Waals surface area contributed by atoms with E-state index >= 15 is 0 Å². The van der Waals surface area contributed by atoms with Crippen LogP contribution in [0.5, 0.6) is 0 Å². The first kappa shape index (κ1) is 18.7. The molecule has 2 aromatic rings. The zero-order valence-corrected chi connectivity index (χ0v) is 15.8. The molecule has 0 aliphatic heterocycles. The highest BCUT2D eigenvalue weighted by Gasteiger charge is 2.03. The molecule has 2 aromatic carbocycles. The van der Waals surface area contributed by atoms with E-state index in [1.165, 1.54) is 23.5 Å². The number of hydrogen-bond acceptors (Lipinski definition) is 5. The van der Waals surface area contributed by atoms with Crippen molar-refractivity contribution in [3.05, 3.63) is 48.5 Å². The number of halogens is 2. The van der Waals surface area contributed by atoms with E-state index in [-0.39, 0.29) is 22.0 Å². The van der Waals surface area contributed by atoms with Gasteiger partial charge in [-0.1, -0.05) is 11.8 Å². The molecule has 7 heteroatoms. The van der Waals surface area contributed by atoms with Crippen molar-refractivity contribution in [3.63, 3.8) is 0 Å². The van der Waals surface area contributed by atoms with Crippen LogP contribution in [0, 0.1) is 0 Å². The molecular weight excluding hydrogens is 391 g/mol. The zero-order valence-electron chi connectivity index (χ0n) is 11.8. The molecule has 0 aliphatic carbocycles. The summed E-state index contributed by atoms with van der Waals surface area (Å²) in [5, 5.41) is -0.690. The Balaban J connectivity index is 1.91. The summed E-state index contributed by atoms with van der Waals surface area (Å²) in [4.78, 5) is 25.8. The fourth-order valence-electron chi connectivity index (χ4n) is 1.62. The highest BCUT2D eigenvalue weighted by atomic mass is 35.5. The summed E-state index contributed by atoms with van der Waals surface area (Å²) in [5.74, 6) is 0.552. The second-order valence-corrected chi connectivity index (χ2v) is 8.42. The highest BCUT2D eigenvalue weighted by Crippen LogP contribution is 2.31. The molecule has 2 nitrogen and oxygen atoms in total. The summed E-state index contributed by atoms with van der Waals surface area (Å²) in [5.41, 5.74) is 0. The standard InChI is InChI=1S/C16H12Cl2O2S3/c17-15(19)9-21-11-1-5-13(6-2-11)23-14-7-3-12(4-8-14)22-10-16(18)20/h1-8H,9-10H2. The molecule has 0 saturated heterocycles. The summed E-state index contributed by atoms with van der Waals surface area (Å²) < 4.78 is 0. The van der Waals surface area contributed by atoms with Gasteiger partial charge in [0, 0.05) is 19.6 Å². The van der Waals surface area contributed by atoms with Crippen molar-refractivity contribution in [2.75, 3.05) is 11.5 Å². The fourth-order valence-corrected chi connectivity index (χ4v) is 3.99. The summed E-state index contributed by atoms with van der Waals surface area (Å²) in [6.45, 7) is 0. The molecule has 0 unspecified atom stereocenters. The Morgan fingerprint density at radius 3 is 1.26 bits per heavy atom. The van der Waals surface area contributed by atoms with Gasteiger partial charge in [0.15, 0.2) is 0 Å². The summed E-state index contributed by atoms with van der Waals surface area (Å²) in [6.07, 6.45) is 0. The van der Waals surface area contributed by atoms with Crippen LogP contribution in [0.25, 0.3) is 0 Å². The number of benzene rings is 2. The van der Waals surface area contributed by atoms with Gasteiger partial charge in [-0.3, -0.25) is 9.59 Å². The van der Waals surface area contributed by atoms with Crippen LogP contribution in [-0.2, 0) is 9.59 Å². The molecule has 0 N–H and O–H groups in total. The summed E-state index contributed by atoms with van der Waals surface area (Å²) in [7, 11) is 0. The van der Waals surface area contributed by atoms with Crippen molar-refractivity contribution in [1.82, 2.24) is 0 Å². The normalized spacial score (nSPS) is 10.5. The molecule has 0 aromatic heterocycles. The summed E-state index contributed by atoms with van der Waals surface area (Å²) >= 11 is 15.1. The monoisotopic (exact) mass is 402 g/mol. The number of rotatable bonds is 8. The molecular formula is C16H12Cl2O2S3. The minimum absolute atomic E-state index is 0.276. The third kappa shape index (κ3) is 7.23. The van der Waals surface area contributed by atoms with E-state index in [0.29, 0.717) is 0 Å². The first-order chi connectivity index (χ1) is 11.0. The first-order valence-electron chi connectivity index (χ1n) is 6.53. The lowest BCUT2D eigenvalue weighted by Crippen LogP contribution is -1.89. The van der Waals surface area contributed by atoms with Crippen molar-refractivity contribution in [2.45, 2.75) is 19.6 Å². The Morgan fingerprint density at radius 1 is 0.652 bits per heavy atom. The lowest BCUT2D eigenvalue weighted by molar-refractivity contribution is -0.110. The Bertz CT molecular complexity index is 613. The lowest BCUT2D eigenvalue weighted by Gasteiger charge is -2.05. The smallest absolute Gasteiger partial charge is 0.231 e. The van der Waals surface area contributed by atoms with Gasteiger partial charge in [-0.05, 0) is 71.7 Å². The highest BCUT2D eigenvalue weighted by molar-refractivity contribution is 8.00. The fraction of sp³-hybridized carbons (Fsp3) is 0.125. The van der Waals surface area contributed by atoms with Crippen LogP contribution in [0.3, 0.4) is 0 Å². The second-order valence-electron chi connectivity index (χ2n) is 4.33. The van der Waals surface area contributed by atoms with Crippen LogP contribution in [-0.4, -0.2) is 22.0 Å². The maximum absolute atomic E-state index is 10.7. The lowest BCUT2D eigenvalue weighted by atomic mass is 10.4. The van der Waals surface area contributed by atoms with E-state index in [4.69, 9.17) is 23.2 Å². The van der Waals surface area contributed by atoms with E-state index in [1.807, 2.05) is 48.5 Å². The number of thioether (sulfide) groups is 2. The SMILES string of the molecule is O=C(Cl)CSc1ccc(Sc2ccc(SCC(=O)Cl)cc2)cc1. The molecule has 0 atom stereocenters. The molecule has 0 bridgehead atoms. The molecule has 0 fully saturated rings. The van der Waals surface area contributed by atoms with Crippen molar-refractivity contribution < 1.29 is 9.59 Å². The maximum Gasteiger partial charge on any atom is 0.231 e. The van der Waals surface area contributed by atoms with Crippen LogP contribution >= 0.6 is 58.5 Å². The average Bonchev–Trinajstić information content (AvgIpc) is 2.53. The van der Waals surface area contributed by atoms with Crippen LogP contribution in [0.1, 0.15) is 0 Å².